The second-order valence-electron chi connectivity index (χ2n) is 5.45. The summed E-state index contributed by atoms with van der Waals surface area (Å²) in [5.74, 6) is 0.192. The van der Waals surface area contributed by atoms with Crippen LogP contribution in [0.5, 0.6) is 0 Å². The quantitative estimate of drug-likeness (QED) is 0.694. The van der Waals surface area contributed by atoms with E-state index in [4.69, 9.17) is 0 Å². The van der Waals surface area contributed by atoms with E-state index in [9.17, 15) is 13.2 Å². The number of ketones is 1. The molecule has 1 rings (SSSR count). The van der Waals surface area contributed by atoms with Crippen molar-refractivity contribution in [2.24, 2.45) is 5.92 Å². The summed E-state index contributed by atoms with van der Waals surface area (Å²) in [4.78, 5) is 11.3. The van der Waals surface area contributed by atoms with Crippen molar-refractivity contribution in [2.45, 2.75) is 57.0 Å². The third-order valence-corrected chi connectivity index (χ3v) is 6.33. The number of rotatable bonds is 1. The van der Waals surface area contributed by atoms with E-state index in [1.165, 1.54) is 0 Å². The van der Waals surface area contributed by atoms with Crippen molar-refractivity contribution in [3.63, 3.8) is 0 Å². The molecule has 0 heterocycles. The fraction of sp³-hybridized carbons (Fsp3) is 0.909. The average molecular weight is 232 g/mol. The van der Waals surface area contributed by atoms with Gasteiger partial charge in [0.2, 0.25) is 0 Å². The molecule has 0 aliphatic heterocycles. The van der Waals surface area contributed by atoms with Gasteiger partial charge in [0.15, 0.2) is 9.84 Å². The number of carbonyl (C=O) groups is 1. The Morgan fingerprint density at radius 2 is 1.80 bits per heavy atom. The van der Waals surface area contributed by atoms with Gasteiger partial charge in [-0.2, -0.15) is 0 Å². The Bertz CT molecular complexity index is 349. The molecule has 0 aromatic rings. The lowest BCUT2D eigenvalue weighted by atomic mass is 9.89. The van der Waals surface area contributed by atoms with Gasteiger partial charge in [-0.05, 0) is 33.1 Å². The summed E-state index contributed by atoms with van der Waals surface area (Å²) in [6.45, 7) is 7.04. The van der Waals surface area contributed by atoms with Crippen LogP contribution in [0.1, 0.15) is 47.0 Å². The van der Waals surface area contributed by atoms with Crippen LogP contribution in [0.15, 0.2) is 0 Å². The molecule has 0 radical (unpaired) electrons. The normalized spacial score (nSPS) is 29.2. The maximum Gasteiger partial charge on any atom is 0.158 e. The lowest BCUT2D eigenvalue weighted by Gasteiger charge is -2.33. The van der Waals surface area contributed by atoms with Crippen LogP contribution < -0.4 is 0 Å². The van der Waals surface area contributed by atoms with Gasteiger partial charge in [-0.1, -0.05) is 6.92 Å². The van der Waals surface area contributed by atoms with Crippen LogP contribution in [-0.4, -0.2) is 24.2 Å². The lowest BCUT2D eigenvalue weighted by Crippen LogP contribution is -2.43. The van der Waals surface area contributed by atoms with Crippen molar-refractivity contribution in [1.29, 1.82) is 0 Å². The van der Waals surface area contributed by atoms with Gasteiger partial charge in [0, 0.05) is 12.8 Å². The number of Topliss-reactive ketones (excluding diaryl/α,β-unsaturated/α-hetero) is 1. The third-order valence-electron chi connectivity index (χ3n) is 3.19. The molecule has 0 spiro atoms. The second-order valence-corrected chi connectivity index (χ2v) is 8.37. The Labute approximate surface area is 92.2 Å². The predicted molar refractivity (Wildman–Crippen MR) is 60.5 cm³/mol. The smallest absolute Gasteiger partial charge is 0.158 e. The van der Waals surface area contributed by atoms with E-state index in [0.29, 0.717) is 12.8 Å². The van der Waals surface area contributed by atoms with Crippen LogP contribution >= 0.6 is 0 Å². The molecule has 0 N–H and O–H groups in total. The minimum absolute atomic E-state index is 0.0888. The lowest BCUT2D eigenvalue weighted by molar-refractivity contribution is -0.120. The zero-order chi connectivity index (χ0) is 11.9. The molecule has 0 aromatic heterocycles. The summed E-state index contributed by atoms with van der Waals surface area (Å²) in [6, 6.07) is 0. The summed E-state index contributed by atoms with van der Waals surface area (Å²) < 4.78 is 23.7. The van der Waals surface area contributed by atoms with E-state index >= 15 is 0 Å². The van der Waals surface area contributed by atoms with E-state index in [1.54, 1.807) is 20.8 Å². The van der Waals surface area contributed by atoms with E-state index < -0.39 is 19.8 Å². The van der Waals surface area contributed by atoms with E-state index in [-0.39, 0.29) is 18.1 Å². The van der Waals surface area contributed by atoms with Crippen molar-refractivity contribution in [2.75, 3.05) is 0 Å². The van der Waals surface area contributed by atoms with E-state index in [1.807, 2.05) is 6.92 Å². The molecule has 15 heavy (non-hydrogen) atoms. The van der Waals surface area contributed by atoms with Crippen LogP contribution in [0.3, 0.4) is 0 Å². The Morgan fingerprint density at radius 1 is 1.27 bits per heavy atom. The van der Waals surface area contributed by atoms with Crippen LogP contribution in [0.2, 0.25) is 0 Å². The van der Waals surface area contributed by atoms with Crippen molar-refractivity contribution in [1.82, 2.24) is 0 Å². The standard InChI is InChI=1S/C11H20O3S/c1-8-5-6-9(12)7-10(8)15(13,14)11(2,3)4/h8,10H,5-7H2,1-4H3. The van der Waals surface area contributed by atoms with Gasteiger partial charge in [0.05, 0.1) is 10.00 Å². The molecular weight excluding hydrogens is 212 g/mol. The topological polar surface area (TPSA) is 51.2 Å². The van der Waals surface area contributed by atoms with Crippen molar-refractivity contribution in [3.8, 4) is 0 Å². The maximum absolute atomic E-state index is 12.2. The molecule has 4 heteroatoms. The number of carbonyl (C=O) groups excluding carboxylic acids is 1. The van der Waals surface area contributed by atoms with Crippen LogP contribution in [0, 0.1) is 5.92 Å². The molecule has 1 aliphatic carbocycles. The van der Waals surface area contributed by atoms with Gasteiger partial charge < -0.3 is 0 Å². The molecule has 3 nitrogen and oxygen atoms in total. The molecule has 0 aromatic carbocycles. The van der Waals surface area contributed by atoms with Gasteiger partial charge >= 0.3 is 0 Å². The summed E-state index contributed by atoms with van der Waals surface area (Å²) in [7, 11) is -3.20. The molecule has 2 unspecified atom stereocenters. The molecule has 1 aliphatic rings. The first-order valence-electron chi connectivity index (χ1n) is 5.41. The van der Waals surface area contributed by atoms with Crippen molar-refractivity contribution < 1.29 is 13.2 Å². The minimum atomic E-state index is -3.20. The molecule has 2 atom stereocenters. The van der Waals surface area contributed by atoms with Crippen LogP contribution in [0.4, 0.5) is 0 Å². The van der Waals surface area contributed by atoms with Gasteiger partial charge in [-0.25, -0.2) is 8.42 Å². The first kappa shape index (κ1) is 12.7. The Kier molecular flexibility index (Phi) is 3.29. The first-order valence-corrected chi connectivity index (χ1v) is 6.96. The SMILES string of the molecule is CC1CCC(=O)CC1S(=O)(=O)C(C)(C)C. The molecule has 0 saturated heterocycles. The molecular formula is C11H20O3S. The van der Waals surface area contributed by atoms with Gasteiger partial charge in [-0.3, -0.25) is 4.79 Å². The molecule has 1 fully saturated rings. The second kappa shape index (κ2) is 3.89. The maximum atomic E-state index is 12.2. The summed E-state index contributed by atoms with van der Waals surface area (Å²) in [6.07, 6.45) is 1.46. The number of hydrogen-bond acceptors (Lipinski definition) is 3. The van der Waals surface area contributed by atoms with Gasteiger partial charge in [-0.15, -0.1) is 0 Å². The third kappa shape index (κ3) is 2.41. The van der Waals surface area contributed by atoms with E-state index in [2.05, 4.69) is 0 Å². The number of hydrogen-bond donors (Lipinski definition) is 0. The van der Waals surface area contributed by atoms with Crippen molar-refractivity contribution in [3.05, 3.63) is 0 Å². The van der Waals surface area contributed by atoms with Gasteiger partial charge in [0.25, 0.3) is 0 Å². The monoisotopic (exact) mass is 232 g/mol. The van der Waals surface area contributed by atoms with Crippen molar-refractivity contribution >= 4 is 15.6 Å². The zero-order valence-corrected chi connectivity index (χ0v) is 10.7. The Morgan fingerprint density at radius 3 is 2.27 bits per heavy atom. The number of sulfone groups is 1. The highest BCUT2D eigenvalue weighted by Crippen LogP contribution is 2.33. The van der Waals surface area contributed by atoms with E-state index in [0.717, 1.165) is 0 Å². The minimum Gasteiger partial charge on any atom is -0.300 e. The largest absolute Gasteiger partial charge is 0.300 e. The fourth-order valence-corrected chi connectivity index (χ4v) is 4.03. The predicted octanol–water partition coefficient (Wildman–Crippen LogP) is 1.96. The molecule has 88 valence electrons. The Balaban J connectivity index is 3.01. The molecule has 1 saturated carbocycles. The Hall–Kier alpha value is -0.380. The first-order chi connectivity index (χ1) is 6.66. The highest BCUT2D eigenvalue weighted by atomic mass is 32.2. The molecule has 0 bridgehead atoms. The molecule has 0 amide bonds. The highest BCUT2D eigenvalue weighted by Gasteiger charge is 2.42. The fourth-order valence-electron chi connectivity index (χ4n) is 1.97. The zero-order valence-electron chi connectivity index (χ0n) is 9.91. The van der Waals surface area contributed by atoms with Crippen LogP contribution in [0.25, 0.3) is 0 Å². The van der Waals surface area contributed by atoms with Crippen LogP contribution in [-0.2, 0) is 14.6 Å². The summed E-state index contributed by atoms with van der Waals surface area (Å²) in [5, 5.41) is -0.473. The summed E-state index contributed by atoms with van der Waals surface area (Å²) >= 11 is 0. The highest BCUT2D eigenvalue weighted by molar-refractivity contribution is 7.93. The van der Waals surface area contributed by atoms with Gasteiger partial charge in [0.1, 0.15) is 5.78 Å². The summed E-state index contributed by atoms with van der Waals surface area (Å²) in [5.41, 5.74) is 0. The average Bonchev–Trinajstić information content (AvgIpc) is 2.07.